The van der Waals surface area contributed by atoms with E-state index in [0.717, 1.165) is 77.8 Å². The van der Waals surface area contributed by atoms with Crippen LogP contribution in [0.2, 0.25) is 0 Å². The van der Waals surface area contributed by atoms with Gasteiger partial charge in [0.15, 0.2) is 5.78 Å². The molecular weight excluding hydrogens is 1160 g/mol. The van der Waals surface area contributed by atoms with Gasteiger partial charge in [0.1, 0.15) is 29.8 Å². The number of aliphatic carboxylic acids is 2. The summed E-state index contributed by atoms with van der Waals surface area (Å²) in [6.07, 6.45) is 2.53. The number of hydrogen-bond acceptors (Lipinski definition) is 11. The molecule has 18 heteroatoms. The second-order valence-electron chi connectivity index (χ2n) is 23.9. The van der Waals surface area contributed by atoms with E-state index in [1.165, 1.54) is 50.9 Å². The molecule has 5 unspecified atom stereocenters. The molecule has 87 heavy (non-hydrogen) atoms. The zero-order chi connectivity index (χ0) is 63.7. The van der Waals surface area contributed by atoms with E-state index in [-0.39, 0.29) is 72.2 Å². The molecule has 470 valence electrons. The third kappa shape index (κ3) is 20.7. The van der Waals surface area contributed by atoms with Crippen molar-refractivity contribution >= 4 is 52.4 Å². The standard InChI is InChI=1S/C25H30O4.C22H28ClNO3S.C22H25F3O5/c1-16-6-8-20(17(2)12-16)9-10-21-22(24(27)15-23(21)26)14-19-5-3-4-18(13-19)7-11-25(28)29;1-13-6-7-14(2)15(10-13)8-9-16-17(19(25)11-18(16)23)4-3-5-21-24-12-20(28-21)22(26)27;1-13-6-7-15(11-14(13)2)8-9-17-16(5-3-4-10-30-12-18(26)27)20(28)19(21(17)29)22(23,24)25/h3-6,8,12-13,21-22,24,27H,7,9-11,14-15H2,1-2H3,(H,28,29);6-7,10,12,16-19,25H,3-5,8-9,11H2,1-2H3,(H,26,27);6-7,11,16-17,19-20,28H,5,8-10,12H2,1-2H3,(H,26,27)/t21-,22-,24?;16-,17-,18?,19?;16-,17-,19?,20?/m111/s1. The van der Waals surface area contributed by atoms with Gasteiger partial charge >= 0.3 is 24.1 Å². The van der Waals surface area contributed by atoms with Crippen LogP contribution in [0.1, 0.15) is 134 Å². The van der Waals surface area contributed by atoms with E-state index < -0.39 is 66.4 Å². The minimum atomic E-state index is -4.82. The molecule has 0 spiro atoms. The molecule has 3 fully saturated rings. The minimum Gasteiger partial charge on any atom is -0.481 e. The molecule has 3 aliphatic rings. The maximum Gasteiger partial charge on any atom is 0.401 e. The van der Waals surface area contributed by atoms with Crippen molar-refractivity contribution in [2.45, 2.75) is 168 Å². The fourth-order valence-electron chi connectivity index (χ4n) is 12.7. The van der Waals surface area contributed by atoms with E-state index in [1.807, 2.05) is 56.3 Å². The molecule has 5 aromatic rings. The van der Waals surface area contributed by atoms with Crippen molar-refractivity contribution in [2.75, 3.05) is 13.2 Å². The molecule has 8 rings (SSSR count). The van der Waals surface area contributed by atoms with Crippen molar-refractivity contribution in [1.82, 2.24) is 4.98 Å². The number of aliphatic hydroxyl groups excluding tert-OH is 3. The average Bonchev–Trinajstić information content (AvgIpc) is 1.73. The smallest absolute Gasteiger partial charge is 0.401 e. The van der Waals surface area contributed by atoms with Gasteiger partial charge in [-0.2, -0.15) is 13.2 Å². The number of aromatic carboxylic acids is 1. The number of carbonyl (C=O) groups is 5. The van der Waals surface area contributed by atoms with E-state index in [0.29, 0.717) is 31.6 Å². The highest BCUT2D eigenvalue weighted by Crippen LogP contribution is 2.46. The molecule has 11 atom stereocenters. The van der Waals surface area contributed by atoms with Gasteiger partial charge in [-0.3, -0.25) is 14.4 Å². The lowest BCUT2D eigenvalue weighted by atomic mass is 9.83. The fraction of sp³-hybridized carbons (Fsp3) is 0.507. The summed E-state index contributed by atoms with van der Waals surface area (Å²) in [5.41, 5.74) is 12.8. The number of carboxylic acid groups (broad SMARTS) is 3. The molecule has 13 nitrogen and oxygen atoms in total. The lowest BCUT2D eigenvalue weighted by Crippen LogP contribution is -2.36. The van der Waals surface area contributed by atoms with Gasteiger partial charge in [0.05, 0.1) is 29.5 Å². The number of ether oxygens (including phenoxy) is 1. The second-order valence-corrected chi connectivity index (χ2v) is 25.6. The highest BCUT2D eigenvalue weighted by molar-refractivity contribution is 7.13. The molecule has 3 aliphatic carbocycles. The number of carbonyl (C=O) groups excluding carboxylic acids is 2. The van der Waals surface area contributed by atoms with E-state index in [2.05, 4.69) is 80.9 Å². The van der Waals surface area contributed by atoms with Gasteiger partial charge in [0.2, 0.25) is 0 Å². The first-order chi connectivity index (χ1) is 41.2. The number of alkyl halides is 4. The Hall–Kier alpha value is -6.26. The summed E-state index contributed by atoms with van der Waals surface area (Å²) < 4.78 is 44.8. The van der Waals surface area contributed by atoms with Gasteiger partial charge < -0.3 is 35.4 Å². The third-order valence-corrected chi connectivity index (χ3v) is 19.1. The molecule has 0 aliphatic heterocycles. The SMILES string of the molecule is Cc1ccc(C)c(CC[C@H]2C(Cl)CC(O)[C@@H]2CCCc2ncc(C(=O)O)s2)c1.Cc1ccc(CC[C@H]2C(=O)C(C(F)(F)F)C(O)[C@@H]2CC#CCOCC(=O)O)cc1C.Cc1ccc(CC[C@H]2C(=O)CC(O)[C@@H]2Cc2cccc(CCC(=O)O)c2)c(C)c1. The van der Waals surface area contributed by atoms with Crippen LogP contribution >= 0.6 is 22.9 Å². The van der Waals surface area contributed by atoms with Gasteiger partial charge in [0.25, 0.3) is 0 Å². The quantitative estimate of drug-likeness (QED) is 0.0203. The summed E-state index contributed by atoms with van der Waals surface area (Å²) in [6.45, 7) is 11.6. The molecule has 6 N–H and O–H groups in total. The number of carboxylic acids is 3. The van der Waals surface area contributed by atoms with Gasteiger partial charge in [-0.1, -0.05) is 95.9 Å². The normalized spacial score (nSPS) is 23.3. The summed E-state index contributed by atoms with van der Waals surface area (Å²) in [5, 5.41) is 58.6. The van der Waals surface area contributed by atoms with Crippen molar-refractivity contribution in [3.05, 3.63) is 156 Å². The Bertz CT molecular complexity index is 3220. The number of benzene rings is 4. The Balaban J connectivity index is 0.000000209. The van der Waals surface area contributed by atoms with Crippen LogP contribution in [-0.2, 0) is 62.4 Å². The number of rotatable bonds is 23. The maximum atomic E-state index is 13.3. The van der Waals surface area contributed by atoms with Crippen LogP contribution in [0.3, 0.4) is 0 Å². The zero-order valence-electron chi connectivity index (χ0n) is 50.5. The fourth-order valence-corrected chi connectivity index (χ4v) is 14.0. The van der Waals surface area contributed by atoms with E-state index in [9.17, 15) is 52.5 Å². The molecule has 0 radical (unpaired) electrons. The number of hydrogen-bond donors (Lipinski definition) is 6. The Morgan fingerprint density at radius 2 is 1.34 bits per heavy atom. The van der Waals surface area contributed by atoms with Crippen molar-refractivity contribution in [3.8, 4) is 11.8 Å². The topological polar surface area (TPSA) is 229 Å². The number of aryl methyl sites for hydroxylation is 11. The first kappa shape index (κ1) is 69.8. The van der Waals surface area contributed by atoms with E-state index in [1.54, 1.807) is 0 Å². The Kier molecular flexibility index (Phi) is 26.3. The van der Waals surface area contributed by atoms with Gasteiger partial charge in [0, 0.05) is 42.4 Å². The van der Waals surface area contributed by atoms with Crippen LogP contribution in [0, 0.1) is 94.8 Å². The highest BCUT2D eigenvalue weighted by Gasteiger charge is 2.59. The molecule has 1 heterocycles. The van der Waals surface area contributed by atoms with Crippen LogP contribution in [0.4, 0.5) is 13.2 Å². The number of nitrogens with zero attached hydrogens (tertiary/aromatic N) is 1. The summed E-state index contributed by atoms with van der Waals surface area (Å²) >= 11 is 7.84. The minimum absolute atomic E-state index is 0.0172. The molecule has 0 amide bonds. The van der Waals surface area contributed by atoms with Crippen molar-refractivity contribution < 1.29 is 72.5 Å². The zero-order valence-corrected chi connectivity index (χ0v) is 52.0. The number of thiazole rings is 1. The first-order valence-corrected chi connectivity index (χ1v) is 31.2. The second kappa shape index (κ2) is 32.8. The van der Waals surface area contributed by atoms with Crippen LogP contribution in [0.25, 0.3) is 0 Å². The van der Waals surface area contributed by atoms with Crippen molar-refractivity contribution in [2.24, 2.45) is 41.4 Å². The molecule has 4 aromatic carbocycles. The average molecular weight is 1240 g/mol. The van der Waals surface area contributed by atoms with Gasteiger partial charge in [-0.25, -0.2) is 14.6 Å². The summed E-state index contributed by atoms with van der Waals surface area (Å²) in [7, 11) is 0. The van der Waals surface area contributed by atoms with Crippen LogP contribution in [0.5, 0.6) is 0 Å². The molecular formula is C69H83ClF3NO12S. The summed E-state index contributed by atoms with van der Waals surface area (Å²) in [5.74, 6) is -2.58. The number of halogens is 4. The monoisotopic (exact) mass is 1240 g/mol. The molecule has 3 saturated carbocycles. The van der Waals surface area contributed by atoms with E-state index in [4.69, 9.17) is 31.7 Å². The molecule has 0 saturated heterocycles. The highest BCUT2D eigenvalue weighted by atomic mass is 35.5. The van der Waals surface area contributed by atoms with Crippen molar-refractivity contribution in [3.63, 3.8) is 0 Å². The number of aliphatic hydroxyl groups is 3. The Labute approximate surface area is 517 Å². The van der Waals surface area contributed by atoms with Crippen molar-refractivity contribution in [1.29, 1.82) is 0 Å². The lowest BCUT2D eigenvalue weighted by Gasteiger charge is -2.24. The molecule has 0 bridgehead atoms. The van der Waals surface area contributed by atoms with Crippen LogP contribution in [0.15, 0.2) is 85.1 Å². The van der Waals surface area contributed by atoms with Crippen LogP contribution < -0.4 is 0 Å². The third-order valence-electron chi connectivity index (χ3n) is 17.6. The lowest BCUT2D eigenvalue weighted by molar-refractivity contribution is -0.195. The Morgan fingerprint density at radius 1 is 0.667 bits per heavy atom. The first-order valence-electron chi connectivity index (χ1n) is 29.9. The number of Topliss-reactive ketones (excluding diaryl/α,β-unsaturated/α-hetero) is 2. The summed E-state index contributed by atoms with van der Waals surface area (Å²) in [4.78, 5) is 61.7. The number of ketones is 2. The molecule has 1 aromatic heterocycles. The van der Waals surface area contributed by atoms with Gasteiger partial charge in [-0.05, 0) is 186 Å². The maximum absolute atomic E-state index is 13.3. The van der Waals surface area contributed by atoms with E-state index >= 15 is 0 Å². The largest absolute Gasteiger partial charge is 0.481 e. The number of aromatic nitrogens is 1. The van der Waals surface area contributed by atoms with Gasteiger partial charge in [-0.15, -0.1) is 28.9 Å². The summed E-state index contributed by atoms with van der Waals surface area (Å²) in [6, 6.07) is 26.6. The Morgan fingerprint density at radius 3 is 2.02 bits per heavy atom. The van der Waals surface area contributed by atoms with Crippen LogP contribution in [-0.4, -0.2) is 108 Å². The predicted molar refractivity (Wildman–Crippen MR) is 329 cm³/mol. The predicted octanol–water partition coefficient (Wildman–Crippen LogP) is 12.2.